The van der Waals surface area contributed by atoms with Crippen molar-refractivity contribution in [3.05, 3.63) is 72.7 Å². The maximum absolute atomic E-state index is 11.9. The molecule has 0 bridgehead atoms. The zero-order valence-corrected chi connectivity index (χ0v) is 23.1. The van der Waals surface area contributed by atoms with E-state index < -0.39 is 5.60 Å². The summed E-state index contributed by atoms with van der Waals surface area (Å²) in [4.78, 5) is 26.0. The monoisotopic (exact) mass is 527 g/mol. The van der Waals surface area contributed by atoms with Gasteiger partial charge in [0.25, 0.3) is 0 Å². The predicted molar refractivity (Wildman–Crippen MR) is 156 cm³/mol. The van der Waals surface area contributed by atoms with Gasteiger partial charge in [0.15, 0.2) is 11.5 Å². The molecule has 0 aliphatic carbocycles. The number of nitrogens with zero attached hydrogens (tertiary/aromatic N) is 5. The first-order chi connectivity index (χ1) is 18.7. The maximum Gasteiger partial charge on any atom is 0.407 e. The van der Waals surface area contributed by atoms with Gasteiger partial charge >= 0.3 is 6.09 Å². The summed E-state index contributed by atoms with van der Waals surface area (Å²) in [6.45, 7) is 12.8. The van der Waals surface area contributed by atoms with E-state index in [1.54, 1.807) is 6.20 Å². The number of aromatic nitrogens is 3. The van der Waals surface area contributed by atoms with Crippen LogP contribution in [0, 0.1) is 6.92 Å². The summed E-state index contributed by atoms with van der Waals surface area (Å²) in [5.74, 6) is 0.718. The second kappa shape index (κ2) is 11.3. The van der Waals surface area contributed by atoms with Gasteiger partial charge in [-0.25, -0.2) is 14.8 Å². The van der Waals surface area contributed by atoms with E-state index in [4.69, 9.17) is 9.72 Å². The SMILES string of the molecule is Cc1cccc(-c2cnc(Nc3cccc(N4CCN(CCNC(=O)OC(C)(C)C)CC4)c3)c3nccn23)c1. The molecule has 0 saturated carbocycles. The van der Waals surface area contributed by atoms with Gasteiger partial charge in [-0.1, -0.05) is 29.8 Å². The van der Waals surface area contributed by atoms with E-state index in [0.29, 0.717) is 6.54 Å². The van der Waals surface area contributed by atoms with Crippen molar-refractivity contribution in [3.8, 4) is 11.3 Å². The van der Waals surface area contributed by atoms with Gasteiger partial charge in [0.05, 0.1) is 11.9 Å². The summed E-state index contributed by atoms with van der Waals surface area (Å²) >= 11 is 0. The van der Waals surface area contributed by atoms with E-state index >= 15 is 0 Å². The number of amides is 1. The van der Waals surface area contributed by atoms with Gasteiger partial charge in [-0.3, -0.25) is 9.30 Å². The fourth-order valence-corrected chi connectivity index (χ4v) is 4.80. The first kappa shape index (κ1) is 26.5. The van der Waals surface area contributed by atoms with Crippen LogP contribution >= 0.6 is 0 Å². The number of hydrogen-bond donors (Lipinski definition) is 2. The molecule has 0 spiro atoms. The molecule has 2 N–H and O–H groups in total. The van der Waals surface area contributed by atoms with Gasteiger partial charge in [0.2, 0.25) is 0 Å². The van der Waals surface area contributed by atoms with E-state index in [0.717, 1.165) is 61.1 Å². The van der Waals surface area contributed by atoms with Crippen LogP contribution in [0.25, 0.3) is 16.9 Å². The Kier molecular flexibility index (Phi) is 7.70. The molecular weight excluding hydrogens is 490 g/mol. The highest BCUT2D eigenvalue weighted by Crippen LogP contribution is 2.27. The third-order valence-electron chi connectivity index (χ3n) is 6.68. The molecule has 4 aromatic rings. The van der Waals surface area contributed by atoms with Crippen molar-refractivity contribution in [2.24, 2.45) is 0 Å². The molecule has 204 valence electrons. The van der Waals surface area contributed by atoms with Crippen molar-refractivity contribution >= 4 is 28.9 Å². The van der Waals surface area contributed by atoms with Gasteiger partial charge in [-0.15, -0.1) is 0 Å². The van der Waals surface area contributed by atoms with Crippen molar-refractivity contribution in [1.29, 1.82) is 0 Å². The molecule has 1 aliphatic rings. The quantitative estimate of drug-likeness (QED) is 0.346. The summed E-state index contributed by atoms with van der Waals surface area (Å²) < 4.78 is 7.39. The highest BCUT2D eigenvalue weighted by Gasteiger charge is 2.19. The number of aryl methyl sites for hydroxylation is 1. The van der Waals surface area contributed by atoms with Gasteiger partial charge in [0.1, 0.15) is 5.60 Å². The summed E-state index contributed by atoms with van der Waals surface area (Å²) in [5, 5.41) is 6.33. The Morgan fingerprint density at radius 1 is 1.03 bits per heavy atom. The van der Waals surface area contributed by atoms with Crippen LogP contribution < -0.4 is 15.5 Å². The Labute approximate surface area is 229 Å². The normalized spacial score (nSPS) is 14.4. The molecule has 0 unspecified atom stereocenters. The number of rotatable bonds is 7. The zero-order valence-electron chi connectivity index (χ0n) is 23.1. The molecule has 2 aromatic heterocycles. The molecular formula is C30H37N7O2. The van der Waals surface area contributed by atoms with E-state index in [1.807, 2.05) is 33.2 Å². The Hall–Kier alpha value is -4.11. The van der Waals surface area contributed by atoms with Crippen LogP contribution in [0.15, 0.2) is 67.1 Å². The number of carbonyl (C=O) groups excluding carboxylic acids is 1. The molecule has 0 radical (unpaired) electrons. The van der Waals surface area contributed by atoms with E-state index in [9.17, 15) is 4.79 Å². The summed E-state index contributed by atoms with van der Waals surface area (Å²) in [6, 6.07) is 16.8. The molecule has 1 amide bonds. The Morgan fingerprint density at radius 2 is 1.82 bits per heavy atom. The van der Waals surface area contributed by atoms with E-state index in [1.165, 1.54) is 11.3 Å². The minimum absolute atomic E-state index is 0.364. The first-order valence-electron chi connectivity index (χ1n) is 13.5. The number of hydrogen-bond acceptors (Lipinski definition) is 7. The maximum atomic E-state index is 11.9. The standard InChI is InChI=1S/C30H37N7O2/c1-22-7-5-8-23(19-22)26-21-33-27(28-31-12-14-37(26)28)34-24-9-6-10-25(20-24)36-17-15-35(16-18-36)13-11-32-29(38)39-30(2,3)4/h5-10,12,14,19-21H,11,13,15-18H2,1-4H3,(H,32,38)(H,33,34). The molecule has 1 fully saturated rings. The molecule has 0 atom stereocenters. The number of piperazine rings is 1. The fraction of sp³-hybridized carbons (Fsp3) is 0.367. The molecule has 2 aromatic carbocycles. The number of benzene rings is 2. The smallest absolute Gasteiger partial charge is 0.407 e. The predicted octanol–water partition coefficient (Wildman–Crippen LogP) is 5.10. The lowest BCUT2D eigenvalue weighted by Gasteiger charge is -2.36. The molecule has 1 saturated heterocycles. The van der Waals surface area contributed by atoms with Gasteiger partial charge in [-0.05, 0) is 52.0 Å². The van der Waals surface area contributed by atoms with Crippen LogP contribution in [0.3, 0.4) is 0 Å². The highest BCUT2D eigenvalue weighted by atomic mass is 16.6. The van der Waals surface area contributed by atoms with Crippen molar-refractivity contribution in [2.45, 2.75) is 33.3 Å². The molecule has 1 aliphatic heterocycles. The number of anilines is 3. The second-order valence-electron chi connectivity index (χ2n) is 10.9. The fourth-order valence-electron chi connectivity index (χ4n) is 4.80. The van der Waals surface area contributed by atoms with Crippen LogP contribution in [0.1, 0.15) is 26.3 Å². The van der Waals surface area contributed by atoms with Gasteiger partial charge in [-0.2, -0.15) is 0 Å². The lowest BCUT2D eigenvalue weighted by Crippen LogP contribution is -2.48. The van der Waals surface area contributed by atoms with Gasteiger partial charge < -0.3 is 20.3 Å². The largest absolute Gasteiger partial charge is 0.444 e. The molecule has 3 heterocycles. The minimum Gasteiger partial charge on any atom is -0.444 e. The molecule has 5 rings (SSSR count). The lowest BCUT2D eigenvalue weighted by atomic mass is 10.1. The second-order valence-corrected chi connectivity index (χ2v) is 10.9. The number of ether oxygens (including phenoxy) is 1. The summed E-state index contributed by atoms with van der Waals surface area (Å²) in [6.07, 6.45) is 5.31. The Balaban J connectivity index is 1.20. The lowest BCUT2D eigenvalue weighted by molar-refractivity contribution is 0.0521. The number of fused-ring (bicyclic) bond motifs is 1. The number of nitrogens with one attached hydrogen (secondary N) is 2. The molecule has 39 heavy (non-hydrogen) atoms. The van der Waals surface area contributed by atoms with Crippen molar-refractivity contribution in [1.82, 2.24) is 24.6 Å². The highest BCUT2D eigenvalue weighted by molar-refractivity contribution is 5.75. The van der Waals surface area contributed by atoms with Crippen LogP contribution in [-0.2, 0) is 4.74 Å². The third-order valence-corrected chi connectivity index (χ3v) is 6.68. The van der Waals surface area contributed by atoms with Crippen LogP contribution in [0.4, 0.5) is 22.0 Å². The van der Waals surface area contributed by atoms with Crippen molar-refractivity contribution in [2.75, 3.05) is 49.5 Å². The molecule has 9 heteroatoms. The summed E-state index contributed by atoms with van der Waals surface area (Å²) in [7, 11) is 0. The topological polar surface area (TPSA) is 87.0 Å². The van der Waals surface area contributed by atoms with Crippen molar-refractivity contribution in [3.63, 3.8) is 0 Å². The van der Waals surface area contributed by atoms with Crippen LogP contribution in [-0.4, -0.2) is 70.2 Å². The first-order valence-corrected chi connectivity index (χ1v) is 13.5. The van der Waals surface area contributed by atoms with Crippen molar-refractivity contribution < 1.29 is 9.53 Å². The Morgan fingerprint density at radius 3 is 2.59 bits per heavy atom. The van der Waals surface area contributed by atoms with Crippen LogP contribution in [0.2, 0.25) is 0 Å². The van der Waals surface area contributed by atoms with E-state index in [-0.39, 0.29) is 6.09 Å². The van der Waals surface area contributed by atoms with Gasteiger partial charge in [0, 0.05) is 68.6 Å². The third kappa shape index (κ3) is 6.67. The minimum atomic E-state index is -0.482. The average molecular weight is 528 g/mol. The number of carbonyl (C=O) groups is 1. The van der Waals surface area contributed by atoms with E-state index in [2.05, 4.69) is 85.3 Å². The average Bonchev–Trinajstić information content (AvgIpc) is 3.39. The molecule has 9 nitrogen and oxygen atoms in total. The summed E-state index contributed by atoms with van der Waals surface area (Å²) in [5.41, 5.74) is 5.76. The van der Waals surface area contributed by atoms with Crippen LogP contribution in [0.5, 0.6) is 0 Å². The number of imidazole rings is 1. The zero-order chi connectivity index (χ0) is 27.4. The Bertz CT molecular complexity index is 1430. The number of alkyl carbamates (subject to hydrolysis) is 1.